The Bertz CT molecular complexity index is 1720. The number of benzene rings is 4. The van der Waals surface area contributed by atoms with Gasteiger partial charge in [0.05, 0.1) is 17.3 Å². The molecule has 0 aliphatic carbocycles. The van der Waals surface area contributed by atoms with Crippen molar-refractivity contribution >= 4 is 49.1 Å². The topological polar surface area (TPSA) is 87.3 Å². The minimum Gasteiger partial charge on any atom is -0.339 e. The van der Waals surface area contributed by atoms with Gasteiger partial charge in [-0.2, -0.15) is 0 Å². The minimum atomic E-state index is -3.63. The average Bonchev–Trinajstić information content (AvgIpc) is 3.26. The molecule has 0 atom stereocenters. The first-order valence-corrected chi connectivity index (χ1v) is 12.8. The maximum absolute atomic E-state index is 13.3. The highest BCUT2D eigenvalue weighted by Gasteiger charge is 2.27. The molecule has 0 aliphatic rings. The number of nitrogens with zero attached hydrogens (tertiary/aromatic N) is 1. The van der Waals surface area contributed by atoms with Crippen molar-refractivity contribution in [2.45, 2.75) is 0 Å². The maximum atomic E-state index is 13.3. The van der Waals surface area contributed by atoms with E-state index in [4.69, 9.17) is 0 Å². The molecule has 0 fully saturated rings. The van der Waals surface area contributed by atoms with E-state index in [1.54, 1.807) is 42.5 Å². The van der Waals surface area contributed by atoms with Crippen molar-refractivity contribution in [3.63, 3.8) is 0 Å². The lowest BCUT2D eigenvalue weighted by molar-refractivity contribution is 0.0818. The van der Waals surface area contributed by atoms with Gasteiger partial charge in [0.15, 0.2) is 0 Å². The molecule has 1 aromatic heterocycles. The van der Waals surface area contributed by atoms with E-state index in [9.17, 15) is 18.0 Å². The molecule has 1 N–H and O–H groups in total. The van der Waals surface area contributed by atoms with Crippen LogP contribution in [0.5, 0.6) is 0 Å². The third-order valence-electron chi connectivity index (χ3n) is 6.17. The Morgan fingerprint density at radius 2 is 1.37 bits per heavy atom. The zero-order valence-corrected chi connectivity index (χ0v) is 20.0. The van der Waals surface area contributed by atoms with Gasteiger partial charge in [-0.3, -0.25) is 13.9 Å². The molecule has 0 spiro atoms. The highest BCUT2D eigenvalue weighted by atomic mass is 32.2. The second-order valence-electron chi connectivity index (χ2n) is 8.36. The van der Waals surface area contributed by atoms with Crippen molar-refractivity contribution in [3.8, 4) is 11.1 Å². The number of sulfonamides is 1. The monoisotopic (exact) mass is 482 g/mol. The van der Waals surface area contributed by atoms with Crippen molar-refractivity contribution < 1.29 is 18.0 Å². The van der Waals surface area contributed by atoms with Gasteiger partial charge in [0.1, 0.15) is 5.82 Å². The van der Waals surface area contributed by atoms with Crippen molar-refractivity contribution in [2.75, 3.05) is 17.6 Å². The number of carbonyl (C=O) groups excluding carboxylic acids is 2. The third-order valence-corrected chi connectivity index (χ3v) is 7.35. The molecule has 0 amide bonds. The molecule has 0 aliphatic heterocycles. The molecule has 0 bridgehead atoms. The number of hydrogen-bond donors (Lipinski definition) is 1. The predicted molar refractivity (Wildman–Crippen MR) is 140 cm³/mol. The zero-order chi connectivity index (χ0) is 24.7. The number of nitrogens with one attached hydrogen (secondary N) is 1. The molecular formula is C28H22N2O4S. The van der Waals surface area contributed by atoms with Crippen LogP contribution in [0.15, 0.2) is 91.0 Å². The Hall–Kier alpha value is -4.23. The van der Waals surface area contributed by atoms with Crippen LogP contribution in [-0.2, 0) is 10.0 Å². The Morgan fingerprint density at radius 3 is 2.11 bits per heavy atom. The van der Waals surface area contributed by atoms with Gasteiger partial charge in [-0.25, -0.2) is 8.42 Å². The van der Waals surface area contributed by atoms with Crippen LogP contribution < -0.4 is 4.31 Å². The van der Waals surface area contributed by atoms with Crippen LogP contribution in [0.2, 0.25) is 0 Å². The molecule has 35 heavy (non-hydrogen) atoms. The number of aromatic amines is 1. The molecule has 5 rings (SSSR count). The normalized spacial score (nSPS) is 11.6. The van der Waals surface area contributed by atoms with Crippen LogP contribution in [0.3, 0.4) is 0 Å². The number of aromatic nitrogens is 1. The quantitative estimate of drug-likeness (QED) is 0.258. The standard InChI is InChI=1S/C28H22N2O4S/c1-30(35(2,33)34)28-24(21-15-8-13-18-10-6-7-14-20(18)21)22-16-9-17-23(25(22)29-28)27(32)26(31)19-11-4-3-5-12-19/h3-17,29H,1-2H3. The second-order valence-corrected chi connectivity index (χ2v) is 10.4. The van der Waals surface area contributed by atoms with E-state index in [0.717, 1.165) is 26.9 Å². The number of fused-ring (bicyclic) bond motifs is 2. The maximum Gasteiger partial charge on any atom is 0.235 e. The molecule has 4 aromatic carbocycles. The van der Waals surface area contributed by atoms with Crippen molar-refractivity contribution in [1.29, 1.82) is 0 Å². The van der Waals surface area contributed by atoms with Crippen molar-refractivity contribution in [3.05, 3.63) is 102 Å². The number of ketones is 2. The molecule has 174 valence electrons. The van der Waals surface area contributed by atoms with E-state index in [1.165, 1.54) is 7.05 Å². The fourth-order valence-electron chi connectivity index (χ4n) is 4.35. The van der Waals surface area contributed by atoms with Crippen LogP contribution in [0.4, 0.5) is 5.82 Å². The lowest BCUT2D eigenvalue weighted by Crippen LogP contribution is -2.25. The number of rotatable bonds is 6. The minimum absolute atomic E-state index is 0.186. The summed E-state index contributed by atoms with van der Waals surface area (Å²) in [5.74, 6) is -0.968. The summed E-state index contributed by atoms with van der Waals surface area (Å²) in [7, 11) is -2.17. The van der Waals surface area contributed by atoms with E-state index in [1.807, 2.05) is 48.5 Å². The lowest BCUT2D eigenvalue weighted by atomic mass is 9.95. The van der Waals surface area contributed by atoms with Crippen LogP contribution >= 0.6 is 0 Å². The van der Waals surface area contributed by atoms with E-state index in [2.05, 4.69) is 4.98 Å². The SMILES string of the molecule is CN(c1[nH]c2c(C(=O)C(=O)c3ccccc3)cccc2c1-c1cccc2ccccc12)S(C)(=O)=O. The Kier molecular flexibility index (Phi) is 5.49. The highest BCUT2D eigenvalue weighted by molar-refractivity contribution is 7.92. The Balaban J connectivity index is 1.80. The van der Waals surface area contributed by atoms with Crippen LogP contribution in [0, 0.1) is 0 Å². The van der Waals surface area contributed by atoms with Gasteiger partial charge >= 0.3 is 0 Å². The average molecular weight is 483 g/mol. The van der Waals surface area contributed by atoms with Crippen LogP contribution in [0.25, 0.3) is 32.8 Å². The first-order chi connectivity index (χ1) is 16.8. The first-order valence-electron chi connectivity index (χ1n) is 11.0. The fraction of sp³-hybridized carbons (Fsp3) is 0.0714. The van der Waals surface area contributed by atoms with Gasteiger partial charge in [0.25, 0.3) is 0 Å². The lowest BCUT2D eigenvalue weighted by Gasteiger charge is -2.18. The van der Waals surface area contributed by atoms with Gasteiger partial charge in [0.2, 0.25) is 21.6 Å². The molecule has 0 saturated heterocycles. The highest BCUT2D eigenvalue weighted by Crippen LogP contribution is 2.42. The largest absolute Gasteiger partial charge is 0.339 e. The smallest absolute Gasteiger partial charge is 0.235 e. The first kappa shape index (κ1) is 22.6. The van der Waals surface area contributed by atoms with Gasteiger partial charge < -0.3 is 4.98 Å². The summed E-state index contributed by atoms with van der Waals surface area (Å²) in [5.41, 5.74) is 2.36. The van der Waals surface area contributed by atoms with Crippen molar-refractivity contribution in [1.82, 2.24) is 4.98 Å². The molecule has 0 unspecified atom stereocenters. The Morgan fingerprint density at radius 1 is 0.743 bits per heavy atom. The summed E-state index contributed by atoms with van der Waals surface area (Å²) in [6.07, 6.45) is 1.12. The Labute approximate surface area is 202 Å². The molecular weight excluding hydrogens is 460 g/mol. The molecule has 5 aromatic rings. The second kappa shape index (κ2) is 8.52. The number of anilines is 1. The molecule has 1 heterocycles. The summed E-state index contributed by atoms with van der Waals surface area (Å²) < 4.78 is 26.3. The van der Waals surface area contributed by atoms with E-state index in [0.29, 0.717) is 27.8 Å². The van der Waals surface area contributed by atoms with E-state index in [-0.39, 0.29) is 5.56 Å². The molecule has 7 heteroatoms. The summed E-state index contributed by atoms with van der Waals surface area (Å²) in [5, 5.41) is 2.59. The fourth-order valence-corrected chi connectivity index (χ4v) is 4.82. The van der Waals surface area contributed by atoms with Crippen LogP contribution in [0.1, 0.15) is 20.7 Å². The zero-order valence-electron chi connectivity index (χ0n) is 19.1. The van der Waals surface area contributed by atoms with Gasteiger partial charge in [-0.15, -0.1) is 0 Å². The summed E-state index contributed by atoms with van der Waals surface area (Å²) in [6, 6.07) is 27.1. The van der Waals surface area contributed by atoms with Gasteiger partial charge in [-0.05, 0) is 22.4 Å². The molecule has 0 saturated carbocycles. The van der Waals surface area contributed by atoms with Crippen LogP contribution in [-0.4, -0.2) is 38.3 Å². The predicted octanol–water partition coefficient (Wildman–Crippen LogP) is 5.45. The molecule has 6 nitrogen and oxygen atoms in total. The van der Waals surface area contributed by atoms with Gasteiger partial charge in [-0.1, -0.05) is 84.9 Å². The number of para-hydroxylation sites is 1. The van der Waals surface area contributed by atoms with E-state index < -0.39 is 21.6 Å². The van der Waals surface area contributed by atoms with Crippen molar-refractivity contribution in [2.24, 2.45) is 0 Å². The summed E-state index contributed by atoms with van der Waals surface area (Å²) >= 11 is 0. The number of carbonyl (C=O) groups is 2. The third kappa shape index (κ3) is 3.90. The number of hydrogen-bond acceptors (Lipinski definition) is 4. The molecule has 0 radical (unpaired) electrons. The summed E-state index contributed by atoms with van der Waals surface area (Å²) in [4.78, 5) is 29.4. The number of H-pyrrole nitrogens is 1. The van der Waals surface area contributed by atoms with E-state index >= 15 is 0 Å². The van der Waals surface area contributed by atoms with Gasteiger partial charge in [0, 0.05) is 23.6 Å². The summed E-state index contributed by atoms with van der Waals surface area (Å²) in [6.45, 7) is 0. The number of Topliss-reactive ketones (excluding diaryl/α,β-unsaturated/α-hetero) is 2.